The van der Waals surface area contributed by atoms with Crippen LogP contribution in [0, 0.1) is 6.92 Å². The molecule has 28 heavy (non-hydrogen) atoms. The van der Waals surface area contributed by atoms with E-state index in [4.69, 9.17) is 9.47 Å². The molecule has 1 saturated heterocycles. The quantitative estimate of drug-likeness (QED) is 0.813. The molecule has 0 spiro atoms. The molecule has 0 radical (unpaired) electrons. The molecular weight excluding hydrogens is 358 g/mol. The SMILES string of the molecule is COc1ccc(CC(=O)Nc2cnc(N3CCOCC3)nc2N(C)C)cc1C. The van der Waals surface area contributed by atoms with E-state index in [-0.39, 0.29) is 12.3 Å². The van der Waals surface area contributed by atoms with Gasteiger partial charge in [-0.1, -0.05) is 12.1 Å². The molecule has 8 nitrogen and oxygen atoms in total. The van der Waals surface area contributed by atoms with Gasteiger partial charge in [0.05, 0.1) is 32.9 Å². The van der Waals surface area contributed by atoms with Crippen molar-refractivity contribution in [3.05, 3.63) is 35.5 Å². The van der Waals surface area contributed by atoms with Crippen LogP contribution in [0.15, 0.2) is 24.4 Å². The molecule has 1 aliphatic heterocycles. The lowest BCUT2D eigenvalue weighted by Gasteiger charge is -2.28. The number of ether oxygens (including phenoxy) is 2. The molecule has 1 aromatic heterocycles. The average Bonchev–Trinajstić information content (AvgIpc) is 2.69. The van der Waals surface area contributed by atoms with Crippen molar-refractivity contribution >= 4 is 23.4 Å². The van der Waals surface area contributed by atoms with Crippen LogP contribution in [0.25, 0.3) is 0 Å². The van der Waals surface area contributed by atoms with E-state index in [9.17, 15) is 4.79 Å². The summed E-state index contributed by atoms with van der Waals surface area (Å²) in [6.45, 7) is 4.81. The van der Waals surface area contributed by atoms with Gasteiger partial charge in [0.15, 0.2) is 5.82 Å². The number of rotatable bonds is 6. The standard InChI is InChI=1S/C20H27N5O3/c1-14-11-15(5-6-17(14)27-4)12-18(26)22-16-13-21-20(23-19(16)24(2)3)25-7-9-28-10-8-25/h5-6,11,13H,7-10,12H2,1-4H3,(H,22,26). The summed E-state index contributed by atoms with van der Waals surface area (Å²) in [4.78, 5) is 25.6. The highest BCUT2D eigenvalue weighted by atomic mass is 16.5. The second kappa shape index (κ2) is 8.88. The Bertz CT molecular complexity index is 835. The van der Waals surface area contributed by atoms with Crippen molar-refractivity contribution in [3.8, 4) is 5.75 Å². The number of amides is 1. The molecule has 3 rings (SSSR count). The van der Waals surface area contributed by atoms with Crippen LogP contribution in [-0.4, -0.2) is 63.4 Å². The highest BCUT2D eigenvalue weighted by molar-refractivity contribution is 5.94. The number of aryl methyl sites for hydroxylation is 1. The smallest absolute Gasteiger partial charge is 0.228 e. The maximum Gasteiger partial charge on any atom is 0.228 e. The third-order valence-corrected chi connectivity index (χ3v) is 4.57. The van der Waals surface area contributed by atoms with Crippen molar-refractivity contribution in [3.63, 3.8) is 0 Å². The summed E-state index contributed by atoms with van der Waals surface area (Å²) in [7, 11) is 5.43. The van der Waals surface area contributed by atoms with Crippen LogP contribution in [-0.2, 0) is 16.0 Å². The molecule has 1 fully saturated rings. The predicted octanol–water partition coefficient (Wildman–Crippen LogP) is 1.88. The predicted molar refractivity (Wildman–Crippen MR) is 109 cm³/mol. The second-order valence-corrected chi connectivity index (χ2v) is 6.93. The number of nitrogens with one attached hydrogen (secondary N) is 1. The zero-order valence-corrected chi connectivity index (χ0v) is 16.9. The lowest BCUT2D eigenvalue weighted by atomic mass is 10.1. The zero-order valence-electron chi connectivity index (χ0n) is 16.9. The molecule has 8 heteroatoms. The Balaban J connectivity index is 1.73. The number of hydrogen-bond acceptors (Lipinski definition) is 7. The van der Waals surface area contributed by atoms with E-state index in [2.05, 4.69) is 20.2 Å². The monoisotopic (exact) mass is 385 g/mol. The highest BCUT2D eigenvalue weighted by Crippen LogP contribution is 2.25. The topological polar surface area (TPSA) is 79.8 Å². The van der Waals surface area contributed by atoms with Crippen molar-refractivity contribution in [1.29, 1.82) is 0 Å². The van der Waals surface area contributed by atoms with Gasteiger partial charge in [-0.2, -0.15) is 4.98 Å². The summed E-state index contributed by atoms with van der Waals surface area (Å²) in [5, 5.41) is 2.94. The van der Waals surface area contributed by atoms with E-state index in [1.165, 1.54) is 0 Å². The second-order valence-electron chi connectivity index (χ2n) is 6.93. The maximum atomic E-state index is 12.6. The van der Waals surface area contributed by atoms with Crippen LogP contribution in [0.5, 0.6) is 5.75 Å². The lowest BCUT2D eigenvalue weighted by molar-refractivity contribution is -0.115. The summed E-state index contributed by atoms with van der Waals surface area (Å²) in [5.41, 5.74) is 2.52. The van der Waals surface area contributed by atoms with Crippen molar-refractivity contribution in [2.45, 2.75) is 13.3 Å². The molecule has 0 aliphatic carbocycles. The Hall–Kier alpha value is -2.87. The normalized spacial score (nSPS) is 13.9. The van der Waals surface area contributed by atoms with E-state index in [0.29, 0.717) is 30.7 Å². The zero-order chi connectivity index (χ0) is 20.1. The summed E-state index contributed by atoms with van der Waals surface area (Å²) in [6.07, 6.45) is 1.94. The van der Waals surface area contributed by atoms with Gasteiger partial charge in [0.1, 0.15) is 11.4 Å². The number of aromatic nitrogens is 2. The number of morpholine rings is 1. The molecule has 2 aromatic rings. The fraction of sp³-hybridized carbons (Fsp3) is 0.450. The Kier molecular flexibility index (Phi) is 6.30. The molecule has 150 valence electrons. The molecule has 2 heterocycles. The van der Waals surface area contributed by atoms with E-state index in [0.717, 1.165) is 30.0 Å². The highest BCUT2D eigenvalue weighted by Gasteiger charge is 2.18. The fourth-order valence-electron chi connectivity index (χ4n) is 3.14. The van der Waals surface area contributed by atoms with Crippen LogP contribution in [0.1, 0.15) is 11.1 Å². The number of anilines is 3. The Morgan fingerprint density at radius 3 is 2.71 bits per heavy atom. The minimum atomic E-state index is -0.115. The number of carbonyl (C=O) groups excluding carboxylic acids is 1. The van der Waals surface area contributed by atoms with Crippen molar-refractivity contribution in [1.82, 2.24) is 9.97 Å². The van der Waals surface area contributed by atoms with Gasteiger partial charge in [-0.15, -0.1) is 0 Å². The largest absolute Gasteiger partial charge is 0.496 e. The van der Waals surface area contributed by atoms with E-state index in [1.807, 2.05) is 44.1 Å². The minimum absolute atomic E-state index is 0.115. The molecule has 0 bridgehead atoms. The molecule has 0 unspecified atom stereocenters. The fourth-order valence-corrected chi connectivity index (χ4v) is 3.14. The van der Waals surface area contributed by atoms with Crippen molar-refractivity contribution in [2.24, 2.45) is 0 Å². The molecular formula is C20H27N5O3. The summed E-state index contributed by atoms with van der Waals surface area (Å²) in [6, 6.07) is 5.74. The van der Waals surface area contributed by atoms with Gasteiger partial charge in [-0.25, -0.2) is 4.98 Å². The number of benzene rings is 1. The first kappa shape index (κ1) is 19.9. The Morgan fingerprint density at radius 2 is 2.07 bits per heavy atom. The molecule has 1 aromatic carbocycles. The van der Waals surface area contributed by atoms with E-state index < -0.39 is 0 Å². The van der Waals surface area contributed by atoms with Crippen LogP contribution in [0.3, 0.4) is 0 Å². The first-order valence-corrected chi connectivity index (χ1v) is 9.28. The van der Waals surface area contributed by atoms with Gasteiger partial charge in [-0.05, 0) is 24.1 Å². The van der Waals surface area contributed by atoms with Gasteiger partial charge in [0.2, 0.25) is 11.9 Å². The van der Waals surface area contributed by atoms with Crippen LogP contribution >= 0.6 is 0 Å². The number of hydrogen-bond donors (Lipinski definition) is 1. The molecule has 1 aliphatic rings. The first-order chi connectivity index (χ1) is 13.5. The summed E-state index contributed by atoms with van der Waals surface area (Å²) >= 11 is 0. The number of carbonyl (C=O) groups is 1. The molecule has 1 N–H and O–H groups in total. The average molecular weight is 385 g/mol. The molecule has 0 atom stereocenters. The maximum absolute atomic E-state index is 12.6. The third-order valence-electron chi connectivity index (χ3n) is 4.57. The van der Waals surface area contributed by atoms with Gasteiger partial charge in [0.25, 0.3) is 0 Å². The van der Waals surface area contributed by atoms with E-state index in [1.54, 1.807) is 13.3 Å². The summed E-state index contributed by atoms with van der Waals surface area (Å²) in [5.74, 6) is 2.02. The van der Waals surface area contributed by atoms with Gasteiger partial charge >= 0.3 is 0 Å². The van der Waals surface area contributed by atoms with Crippen LogP contribution in [0.4, 0.5) is 17.5 Å². The van der Waals surface area contributed by atoms with Gasteiger partial charge in [0, 0.05) is 27.2 Å². The van der Waals surface area contributed by atoms with Crippen molar-refractivity contribution in [2.75, 3.05) is 62.6 Å². The number of nitrogens with zero attached hydrogens (tertiary/aromatic N) is 4. The Morgan fingerprint density at radius 1 is 1.32 bits per heavy atom. The molecule has 0 saturated carbocycles. The van der Waals surface area contributed by atoms with Crippen molar-refractivity contribution < 1.29 is 14.3 Å². The first-order valence-electron chi connectivity index (χ1n) is 9.28. The molecule has 1 amide bonds. The summed E-state index contributed by atoms with van der Waals surface area (Å²) < 4.78 is 10.7. The lowest BCUT2D eigenvalue weighted by Crippen LogP contribution is -2.37. The third kappa shape index (κ3) is 4.69. The van der Waals surface area contributed by atoms with E-state index >= 15 is 0 Å². The van der Waals surface area contributed by atoms with Gasteiger partial charge < -0.3 is 24.6 Å². The van der Waals surface area contributed by atoms with Gasteiger partial charge in [-0.3, -0.25) is 4.79 Å². The van der Waals surface area contributed by atoms with Crippen LogP contribution < -0.4 is 19.9 Å². The minimum Gasteiger partial charge on any atom is -0.496 e. The van der Waals surface area contributed by atoms with Crippen LogP contribution in [0.2, 0.25) is 0 Å². The number of methoxy groups -OCH3 is 1. The Labute approximate surface area is 165 Å².